The molecule has 1 aliphatic rings. The van der Waals surface area contributed by atoms with E-state index in [0.29, 0.717) is 37.4 Å². The van der Waals surface area contributed by atoms with Gasteiger partial charge in [0.15, 0.2) is 16.7 Å². The standard InChI is InChI=1S/C30H23Cl2N3O5S/c1-38-27-13-20(6-11-26(27)40-18-21-7-8-22(31)15-25(21)32)16-33-34-30-35(17-24-3-2-12-39-24)29(37)28(41-30)14-19-4-9-23(36)10-5-19/h2-16,36H,17-18H2,1H3/b28-14-,33-16+,34-30-. The SMILES string of the molecule is COc1cc(/C=N/N=C2\S/C(=C\c3ccc(O)cc3)C(=O)N2Cc2ccco2)ccc1OCc1ccc(Cl)cc1Cl. The number of hydrogen-bond donors (Lipinski definition) is 1. The second-order valence-corrected chi connectivity index (χ2v) is 10.6. The number of amidine groups is 1. The van der Waals surface area contributed by atoms with E-state index in [2.05, 4.69) is 10.2 Å². The van der Waals surface area contributed by atoms with E-state index >= 15 is 0 Å². The smallest absolute Gasteiger partial charge is 0.267 e. The number of furan rings is 1. The highest BCUT2D eigenvalue weighted by molar-refractivity contribution is 8.18. The molecule has 11 heteroatoms. The van der Waals surface area contributed by atoms with Gasteiger partial charge in [-0.05, 0) is 83.6 Å². The topological polar surface area (TPSA) is 96.9 Å². The van der Waals surface area contributed by atoms with Crippen LogP contribution in [0.1, 0.15) is 22.5 Å². The fourth-order valence-electron chi connectivity index (χ4n) is 3.83. The number of phenols is 1. The van der Waals surface area contributed by atoms with Crippen LogP contribution < -0.4 is 9.47 Å². The molecule has 2 heterocycles. The first-order valence-corrected chi connectivity index (χ1v) is 13.9. The van der Waals surface area contributed by atoms with Crippen LogP contribution in [0.4, 0.5) is 0 Å². The van der Waals surface area contributed by atoms with Gasteiger partial charge in [-0.2, -0.15) is 5.10 Å². The van der Waals surface area contributed by atoms with Gasteiger partial charge in [-0.25, -0.2) is 0 Å². The largest absolute Gasteiger partial charge is 0.508 e. The van der Waals surface area contributed by atoms with Crippen molar-refractivity contribution in [1.82, 2.24) is 4.90 Å². The van der Waals surface area contributed by atoms with E-state index in [4.69, 9.17) is 37.1 Å². The van der Waals surface area contributed by atoms with Gasteiger partial charge in [-0.1, -0.05) is 41.4 Å². The van der Waals surface area contributed by atoms with Crippen molar-refractivity contribution in [2.75, 3.05) is 7.11 Å². The minimum Gasteiger partial charge on any atom is -0.508 e. The van der Waals surface area contributed by atoms with Crippen LogP contribution in [0.5, 0.6) is 17.2 Å². The van der Waals surface area contributed by atoms with Crippen molar-refractivity contribution >= 4 is 58.3 Å². The van der Waals surface area contributed by atoms with Gasteiger partial charge in [-0.15, -0.1) is 5.10 Å². The Labute approximate surface area is 250 Å². The Morgan fingerprint density at radius 3 is 2.56 bits per heavy atom. The Hall–Kier alpha value is -4.18. The molecule has 1 aliphatic heterocycles. The molecule has 0 aliphatic carbocycles. The van der Waals surface area contributed by atoms with E-state index in [1.807, 2.05) is 12.1 Å². The number of benzene rings is 3. The monoisotopic (exact) mass is 607 g/mol. The van der Waals surface area contributed by atoms with Crippen molar-refractivity contribution in [3.63, 3.8) is 0 Å². The highest BCUT2D eigenvalue weighted by Gasteiger charge is 2.34. The van der Waals surface area contributed by atoms with Crippen LogP contribution in [-0.4, -0.2) is 34.4 Å². The molecule has 3 aromatic carbocycles. The predicted octanol–water partition coefficient (Wildman–Crippen LogP) is 7.39. The lowest BCUT2D eigenvalue weighted by molar-refractivity contribution is -0.122. The van der Waals surface area contributed by atoms with E-state index in [9.17, 15) is 9.90 Å². The first-order valence-electron chi connectivity index (χ1n) is 12.3. The van der Waals surface area contributed by atoms with Crippen molar-refractivity contribution in [2.24, 2.45) is 10.2 Å². The van der Waals surface area contributed by atoms with E-state index in [1.165, 1.54) is 16.7 Å². The lowest BCUT2D eigenvalue weighted by Gasteiger charge is -2.13. The summed E-state index contributed by atoms with van der Waals surface area (Å²) in [5, 5.41) is 19.6. The minimum atomic E-state index is -0.225. The molecule has 8 nitrogen and oxygen atoms in total. The average Bonchev–Trinajstić information content (AvgIpc) is 3.58. The number of carbonyl (C=O) groups is 1. The van der Waals surface area contributed by atoms with Crippen molar-refractivity contribution in [3.8, 4) is 17.2 Å². The Morgan fingerprint density at radius 2 is 1.83 bits per heavy atom. The summed E-state index contributed by atoms with van der Waals surface area (Å²) in [6.45, 7) is 0.446. The number of aromatic hydroxyl groups is 1. The van der Waals surface area contributed by atoms with Crippen LogP contribution in [0.15, 0.2) is 98.6 Å². The van der Waals surface area contributed by atoms with Gasteiger partial charge < -0.3 is 19.0 Å². The molecule has 1 saturated heterocycles. The number of nitrogens with zero attached hydrogens (tertiary/aromatic N) is 3. The number of carbonyl (C=O) groups excluding carboxylic acids is 1. The molecule has 208 valence electrons. The Kier molecular flexibility index (Phi) is 8.98. The first-order chi connectivity index (χ1) is 19.9. The summed E-state index contributed by atoms with van der Waals surface area (Å²) in [4.78, 5) is 15.2. The molecular formula is C30H23Cl2N3O5S. The summed E-state index contributed by atoms with van der Waals surface area (Å²) in [7, 11) is 1.55. The van der Waals surface area contributed by atoms with E-state index in [0.717, 1.165) is 16.7 Å². The third kappa shape index (κ3) is 7.13. The van der Waals surface area contributed by atoms with E-state index in [-0.39, 0.29) is 24.8 Å². The first kappa shape index (κ1) is 28.4. The molecule has 0 unspecified atom stereocenters. The highest BCUT2D eigenvalue weighted by atomic mass is 35.5. The van der Waals surface area contributed by atoms with Crippen LogP contribution in [-0.2, 0) is 17.9 Å². The molecular weight excluding hydrogens is 585 g/mol. The lowest BCUT2D eigenvalue weighted by atomic mass is 10.2. The van der Waals surface area contributed by atoms with Crippen molar-refractivity contribution in [2.45, 2.75) is 13.2 Å². The van der Waals surface area contributed by atoms with Crippen LogP contribution in [0.2, 0.25) is 10.0 Å². The van der Waals surface area contributed by atoms with Crippen LogP contribution >= 0.6 is 35.0 Å². The van der Waals surface area contributed by atoms with Gasteiger partial charge in [0.2, 0.25) is 0 Å². The summed E-state index contributed by atoms with van der Waals surface area (Å²) in [6.07, 6.45) is 4.86. The molecule has 1 amide bonds. The second kappa shape index (κ2) is 13.0. The predicted molar refractivity (Wildman–Crippen MR) is 162 cm³/mol. The number of halogens is 2. The molecule has 1 N–H and O–H groups in total. The number of amides is 1. The molecule has 5 rings (SSSR count). The van der Waals surface area contributed by atoms with Gasteiger partial charge >= 0.3 is 0 Å². The molecule has 0 spiro atoms. The fraction of sp³-hybridized carbons (Fsp3) is 0.100. The number of rotatable bonds is 9. The highest BCUT2D eigenvalue weighted by Crippen LogP contribution is 2.34. The quantitative estimate of drug-likeness (QED) is 0.121. The van der Waals surface area contributed by atoms with Crippen LogP contribution in [0.25, 0.3) is 6.08 Å². The summed E-state index contributed by atoms with van der Waals surface area (Å²) in [5.41, 5.74) is 2.28. The summed E-state index contributed by atoms with van der Waals surface area (Å²) < 4.78 is 16.9. The third-order valence-electron chi connectivity index (χ3n) is 5.91. The molecule has 41 heavy (non-hydrogen) atoms. The Morgan fingerprint density at radius 1 is 1.02 bits per heavy atom. The number of methoxy groups -OCH3 is 1. The molecule has 1 fully saturated rings. The number of phenolic OH excluding ortho intramolecular Hbond substituents is 1. The molecule has 1 aromatic heterocycles. The van der Waals surface area contributed by atoms with Crippen molar-refractivity contribution in [3.05, 3.63) is 116 Å². The third-order valence-corrected chi connectivity index (χ3v) is 7.49. The summed E-state index contributed by atoms with van der Waals surface area (Å²) in [5.74, 6) is 1.58. The molecule has 0 saturated carbocycles. The maximum atomic E-state index is 13.2. The zero-order chi connectivity index (χ0) is 28.8. The van der Waals surface area contributed by atoms with Crippen LogP contribution in [0.3, 0.4) is 0 Å². The summed E-state index contributed by atoms with van der Waals surface area (Å²) >= 11 is 13.4. The maximum absolute atomic E-state index is 13.2. The lowest BCUT2D eigenvalue weighted by Crippen LogP contribution is -2.28. The molecule has 0 bridgehead atoms. The number of hydrogen-bond acceptors (Lipinski definition) is 8. The normalized spacial score (nSPS) is 15.4. The average molecular weight is 609 g/mol. The number of thioether (sulfide) groups is 1. The van der Waals surface area contributed by atoms with E-state index in [1.54, 1.807) is 86.3 Å². The van der Waals surface area contributed by atoms with Crippen LogP contribution in [0, 0.1) is 0 Å². The maximum Gasteiger partial charge on any atom is 0.267 e. The molecule has 0 atom stereocenters. The molecule has 4 aromatic rings. The second-order valence-electron chi connectivity index (χ2n) is 8.73. The van der Waals surface area contributed by atoms with Gasteiger partial charge in [0.1, 0.15) is 18.1 Å². The fourth-order valence-corrected chi connectivity index (χ4v) is 5.22. The Bertz CT molecular complexity index is 1640. The van der Waals surface area contributed by atoms with Gasteiger partial charge in [0, 0.05) is 15.6 Å². The van der Waals surface area contributed by atoms with Crippen molar-refractivity contribution < 1.29 is 23.8 Å². The van der Waals surface area contributed by atoms with Gasteiger partial charge in [0.25, 0.3) is 5.91 Å². The zero-order valence-electron chi connectivity index (χ0n) is 21.7. The minimum absolute atomic E-state index is 0.149. The Balaban J connectivity index is 1.33. The van der Waals surface area contributed by atoms with E-state index < -0.39 is 0 Å². The summed E-state index contributed by atoms with van der Waals surface area (Å²) in [6, 6.07) is 20.7. The zero-order valence-corrected chi connectivity index (χ0v) is 24.0. The van der Waals surface area contributed by atoms with Gasteiger partial charge in [0.05, 0.1) is 31.0 Å². The molecule has 0 radical (unpaired) electrons. The van der Waals surface area contributed by atoms with Gasteiger partial charge in [-0.3, -0.25) is 9.69 Å². The number of ether oxygens (including phenoxy) is 2. The van der Waals surface area contributed by atoms with Crippen molar-refractivity contribution in [1.29, 1.82) is 0 Å².